The maximum absolute atomic E-state index is 11.2. The molecule has 1 unspecified atom stereocenters. The fourth-order valence-corrected chi connectivity index (χ4v) is 0.884. The van der Waals surface area contributed by atoms with Crippen molar-refractivity contribution in [2.75, 3.05) is 7.11 Å². The second-order valence-electron chi connectivity index (χ2n) is 2.78. The van der Waals surface area contributed by atoms with E-state index in [9.17, 15) is 4.79 Å². The van der Waals surface area contributed by atoms with E-state index in [1.54, 1.807) is 0 Å². The first-order valence-electron chi connectivity index (χ1n) is 3.73. The van der Waals surface area contributed by atoms with Crippen LogP contribution in [0.5, 0.6) is 0 Å². The van der Waals surface area contributed by atoms with Gasteiger partial charge in [0.1, 0.15) is 0 Å². The molecule has 0 radical (unpaired) electrons. The number of aromatic nitrogens is 2. The van der Waals surface area contributed by atoms with Gasteiger partial charge < -0.3 is 10.5 Å². The first-order valence-corrected chi connectivity index (χ1v) is 3.73. The molecular formula is C8H11N3O2. The lowest BCUT2D eigenvalue weighted by Crippen LogP contribution is -2.43. The highest BCUT2D eigenvalue weighted by atomic mass is 16.5. The third-order valence-electron chi connectivity index (χ3n) is 1.70. The molecule has 70 valence electrons. The van der Waals surface area contributed by atoms with Gasteiger partial charge in [-0.15, -0.1) is 0 Å². The van der Waals surface area contributed by atoms with E-state index in [1.165, 1.54) is 32.6 Å². The Labute approximate surface area is 75.9 Å². The number of nitrogens with two attached hydrogens (primary N) is 1. The molecule has 0 fully saturated rings. The second kappa shape index (κ2) is 3.49. The quantitative estimate of drug-likeness (QED) is 0.640. The van der Waals surface area contributed by atoms with E-state index in [0.29, 0.717) is 5.69 Å². The Kier molecular flexibility index (Phi) is 2.57. The summed E-state index contributed by atoms with van der Waals surface area (Å²) < 4.78 is 4.54. The lowest BCUT2D eigenvalue weighted by molar-refractivity contribution is -0.146. The molecule has 0 amide bonds. The lowest BCUT2D eigenvalue weighted by Gasteiger charge is -2.19. The van der Waals surface area contributed by atoms with Gasteiger partial charge >= 0.3 is 5.97 Å². The van der Waals surface area contributed by atoms with Crippen LogP contribution in [-0.2, 0) is 15.1 Å². The number of ether oxygens (including phenoxy) is 1. The van der Waals surface area contributed by atoms with Gasteiger partial charge in [0.2, 0.25) is 0 Å². The maximum Gasteiger partial charge on any atom is 0.331 e. The molecule has 2 N–H and O–H groups in total. The van der Waals surface area contributed by atoms with Gasteiger partial charge in [0.15, 0.2) is 5.54 Å². The van der Waals surface area contributed by atoms with Gasteiger partial charge in [-0.1, -0.05) is 0 Å². The van der Waals surface area contributed by atoms with Crippen molar-refractivity contribution in [2.45, 2.75) is 12.5 Å². The summed E-state index contributed by atoms with van der Waals surface area (Å²) in [5, 5.41) is 0. The zero-order valence-electron chi connectivity index (χ0n) is 7.52. The van der Waals surface area contributed by atoms with Crippen LogP contribution in [0.1, 0.15) is 12.6 Å². The van der Waals surface area contributed by atoms with Crippen molar-refractivity contribution < 1.29 is 9.53 Å². The fraction of sp³-hybridized carbons (Fsp3) is 0.375. The molecule has 1 atom stereocenters. The number of carbonyl (C=O) groups is 1. The second-order valence-corrected chi connectivity index (χ2v) is 2.78. The molecular weight excluding hydrogens is 170 g/mol. The largest absolute Gasteiger partial charge is 0.467 e. The van der Waals surface area contributed by atoms with Gasteiger partial charge in [-0.05, 0) is 6.92 Å². The Morgan fingerprint density at radius 3 is 2.77 bits per heavy atom. The summed E-state index contributed by atoms with van der Waals surface area (Å²) in [6, 6.07) is 0. The minimum atomic E-state index is -1.23. The average Bonchev–Trinajstić information content (AvgIpc) is 2.18. The normalized spacial score (nSPS) is 14.7. The minimum absolute atomic E-state index is 0.391. The number of carbonyl (C=O) groups excluding carboxylic acids is 1. The third-order valence-corrected chi connectivity index (χ3v) is 1.70. The standard InChI is InChI=1S/C8H11N3O2/c1-8(9,7(12)13-2)6-5-10-3-4-11-6/h3-5H,9H2,1-2H3. The number of nitrogens with zero attached hydrogens (tertiary/aromatic N) is 2. The van der Waals surface area contributed by atoms with Crippen LogP contribution >= 0.6 is 0 Å². The molecule has 1 aromatic heterocycles. The SMILES string of the molecule is COC(=O)C(C)(N)c1cnccn1. The van der Waals surface area contributed by atoms with Gasteiger partial charge in [0.25, 0.3) is 0 Å². The van der Waals surface area contributed by atoms with Crippen LogP contribution in [0.15, 0.2) is 18.6 Å². The first-order chi connectivity index (χ1) is 6.09. The molecule has 5 heteroatoms. The molecule has 0 spiro atoms. The highest BCUT2D eigenvalue weighted by Crippen LogP contribution is 2.14. The van der Waals surface area contributed by atoms with E-state index in [2.05, 4.69) is 14.7 Å². The Hall–Kier alpha value is -1.49. The minimum Gasteiger partial charge on any atom is -0.467 e. The Bertz CT molecular complexity index is 298. The highest BCUT2D eigenvalue weighted by Gasteiger charge is 2.33. The van der Waals surface area contributed by atoms with Gasteiger partial charge in [-0.2, -0.15) is 0 Å². The molecule has 13 heavy (non-hydrogen) atoms. The first kappa shape index (κ1) is 9.60. The fourth-order valence-electron chi connectivity index (χ4n) is 0.884. The van der Waals surface area contributed by atoms with Gasteiger partial charge in [0.05, 0.1) is 19.0 Å². The molecule has 0 aliphatic heterocycles. The predicted octanol–water partition coefficient (Wildman–Crippen LogP) is -0.177. The Morgan fingerprint density at radius 1 is 1.62 bits per heavy atom. The summed E-state index contributed by atoms with van der Waals surface area (Å²) in [5.74, 6) is -0.534. The smallest absolute Gasteiger partial charge is 0.331 e. The summed E-state index contributed by atoms with van der Waals surface area (Å²) in [6.07, 6.45) is 4.43. The molecule has 1 rings (SSSR count). The molecule has 5 nitrogen and oxygen atoms in total. The van der Waals surface area contributed by atoms with E-state index >= 15 is 0 Å². The van der Waals surface area contributed by atoms with Crippen molar-refractivity contribution >= 4 is 5.97 Å². The van der Waals surface area contributed by atoms with Gasteiger partial charge in [0, 0.05) is 12.4 Å². The third kappa shape index (κ3) is 1.81. The Balaban J connectivity index is 3.00. The molecule has 0 saturated carbocycles. The van der Waals surface area contributed by atoms with Gasteiger partial charge in [-0.3, -0.25) is 9.97 Å². The van der Waals surface area contributed by atoms with Crippen molar-refractivity contribution in [1.29, 1.82) is 0 Å². The van der Waals surface area contributed by atoms with E-state index in [0.717, 1.165) is 0 Å². The molecule has 0 aliphatic rings. The number of hydrogen-bond donors (Lipinski definition) is 1. The van der Waals surface area contributed by atoms with Crippen molar-refractivity contribution in [3.05, 3.63) is 24.3 Å². The molecule has 0 saturated heterocycles. The molecule has 0 aliphatic carbocycles. The van der Waals surface area contributed by atoms with Crippen molar-refractivity contribution in [2.24, 2.45) is 5.73 Å². The highest BCUT2D eigenvalue weighted by molar-refractivity contribution is 5.80. The zero-order valence-corrected chi connectivity index (χ0v) is 7.52. The van der Waals surface area contributed by atoms with Gasteiger partial charge in [-0.25, -0.2) is 4.79 Å². The van der Waals surface area contributed by atoms with Crippen LogP contribution in [0.25, 0.3) is 0 Å². The number of rotatable bonds is 2. The molecule has 0 bridgehead atoms. The van der Waals surface area contributed by atoms with E-state index < -0.39 is 11.5 Å². The van der Waals surface area contributed by atoms with Crippen LogP contribution in [0, 0.1) is 0 Å². The van der Waals surface area contributed by atoms with E-state index in [1.807, 2.05) is 0 Å². The summed E-state index contributed by atoms with van der Waals surface area (Å²) in [5.41, 5.74) is 4.87. The number of hydrogen-bond acceptors (Lipinski definition) is 5. The molecule has 0 aromatic carbocycles. The lowest BCUT2D eigenvalue weighted by atomic mass is 10.0. The number of methoxy groups -OCH3 is 1. The van der Waals surface area contributed by atoms with Crippen molar-refractivity contribution in [1.82, 2.24) is 9.97 Å². The summed E-state index contributed by atoms with van der Waals surface area (Å²) in [4.78, 5) is 19.0. The van der Waals surface area contributed by atoms with Crippen LogP contribution in [0.4, 0.5) is 0 Å². The van der Waals surface area contributed by atoms with E-state index in [4.69, 9.17) is 5.73 Å². The van der Waals surface area contributed by atoms with Crippen LogP contribution in [-0.4, -0.2) is 23.0 Å². The average molecular weight is 181 g/mol. The summed E-state index contributed by atoms with van der Waals surface area (Å²) >= 11 is 0. The van der Waals surface area contributed by atoms with Crippen LogP contribution < -0.4 is 5.73 Å². The van der Waals surface area contributed by atoms with Crippen molar-refractivity contribution in [3.63, 3.8) is 0 Å². The molecule has 1 heterocycles. The topological polar surface area (TPSA) is 78.1 Å². The maximum atomic E-state index is 11.2. The zero-order chi connectivity index (χ0) is 9.90. The van der Waals surface area contributed by atoms with Crippen LogP contribution in [0.3, 0.4) is 0 Å². The van der Waals surface area contributed by atoms with E-state index in [-0.39, 0.29) is 0 Å². The Morgan fingerprint density at radius 2 is 2.31 bits per heavy atom. The monoisotopic (exact) mass is 181 g/mol. The number of esters is 1. The summed E-state index contributed by atoms with van der Waals surface area (Å²) in [6.45, 7) is 1.53. The predicted molar refractivity (Wildman–Crippen MR) is 45.6 cm³/mol. The van der Waals surface area contributed by atoms with Crippen LogP contribution in [0.2, 0.25) is 0 Å². The summed E-state index contributed by atoms with van der Waals surface area (Å²) in [7, 11) is 1.28. The molecule has 1 aromatic rings. The van der Waals surface area contributed by atoms with Crippen molar-refractivity contribution in [3.8, 4) is 0 Å².